The Morgan fingerprint density at radius 2 is 1.75 bits per heavy atom. The van der Waals surface area contributed by atoms with Crippen LogP contribution in [0.1, 0.15) is 38.1 Å². The molecule has 1 aromatic rings. The van der Waals surface area contributed by atoms with Crippen LogP contribution in [0.15, 0.2) is 18.2 Å². The number of nitrogens with zero attached hydrogens (tertiary/aromatic N) is 1. The molecule has 4 heteroatoms. The summed E-state index contributed by atoms with van der Waals surface area (Å²) in [4.78, 5) is 14.5. The van der Waals surface area contributed by atoms with Crippen LogP contribution in [0.4, 0.5) is 5.69 Å². The minimum atomic E-state index is 0.0294. The van der Waals surface area contributed by atoms with Crippen molar-refractivity contribution >= 4 is 11.6 Å². The van der Waals surface area contributed by atoms with Gasteiger partial charge in [0.15, 0.2) is 0 Å². The third kappa shape index (κ3) is 4.44. The molecule has 0 radical (unpaired) electrons. The number of carbonyl (C=O) groups is 1. The molecule has 0 unspecified atom stereocenters. The van der Waals surface area contributed by atoms with E-state index >= 15 is 0 Å². The molecule has 20 heavy (non-hydrogen) atoms. The predicted molar refractivity (Wildman–Crippen MR) is 83.0 cm³/mol. The van der Waals surface area contributed by atoms with E-state index in [1.54, 1.807) is 25.3 Å². The number of nitrogen functional groups attached to an aromatic ring is 1. The fourth-order valence-corrected chi connectivity index (χ4v) is 2.17. The van der Waals surface area contributed by atoms with E-state index in [-0.39, 0.29) is 5.91 Å². The lowest BCUT2D eigenvalue weighted by Gasteiger charge is -2.26. The van der Waals surface area contributed by atoms with Crippen LogP contribution >= 0.6 is 0 Å². The van der Waals surface area contributed by atoms with Crippen LogP contribution in [0.2, 0.25) is 0 Å². The van der Waals surface area contributed by atoms with Crippen molar-refractivity contribution in [3.05, 3.63) is 23.8 Å². The molecule has 0 saturated carbocycles. The molecule has 0 aliphatic carbocycles. The van der Waals surface area contributed by atoms with Crippen molar-refractivity contribution in [2.24, 2.45) is 11.8 Å². The van der Waals surface area contributed by atoms with Crippen LogP contribution in [-0.2, 0) is 0 Å². The highest BCUT2D eigenvalue weighted by Gasteiger charge is 2.18. The molecular weight excluding hydrogens is 252 g/mol. The fourth-order valence-electron chi connectivity index (χ4n) is 2.17. The lowest BCUT2D eigenvalue weighted by atomic mass is 10.1. The minimum Gasteiger partial charge on any atom is -0.495 e. The third-order valence-corrected chi connectivity index (χ3v) is 2.93. The summed E-state index contributed by atoms with van der Waals surface area (Å²) in [6.45, 7) is 9.96. The number of ether oxygens (including phenoxy) is 1. The number of hydrogen-bond donors (Lipinski definition) is 1. The summed E-state index contributed by atoms with van der Waals surface area (Å²) >= 11 is 0. The average molecular weight is 278 g/mol. The molecule has 2 N–H and O–H groups in total. The van der Waals surface area contributed by atoms with Gasteiger partial charge in [-0.05, 0) is 30.0 Å². The summed E-state index contributed by atoms with van der Waals surface area (Å²) < 4.78 is 5.12. The van der Waals surface area contributed by atoms with Gasteiger partial charge in [-0.15, -0.1) is 0 Å². The molecule has 0 bridgehead atoms. The van der Waals surface area contributed by atoms with Gasteiger partial charge in [-0.25, -0.2) is 0 Å². The second-order valence-corrected chi connectivity index (χ2v) is 5.95. The van der Waals surface area contributed by atoms with Gasteiger partial charge in [-0.1, -0.05) is 27.7 Å². The Morgan fingerprint density at radius 3 is 2.15 bits per heavy atom. The van der Waals surface area contributed by atoms with Gasteiger partial charge >= 0.3 is 0 Å². The van der Waals surface area contributed by atoms with Crippen LogP contribution in [0.25, 0.3) is 0 Å². The SMILES string of the molecule is COc1ccc(C(=O)N(CC(C)C)CC(C)C)cc1N. The summed E-state index contributed by atoms with van der Waals surface area (Å²) in [6, 6.07) is 5.20. The van der Waals surface area contributed by atoms with Crippen LogP contribution in [0.3, 0.4) is 0 Å². The molecule has 112 valence electrons. The Kier molecular flexibility index (Phi) is 5.86. The molecule has 0 aliphatic heterocycles. The summed E-state index contributed by atoms with van der Waals surface area (Å²) in [5.74, 6) is 1.50. The van der Waals surface area contributed by atoms with E-state index in [0.717, 1.165) is 13.1 Å². The van der Waals surface area contributed by atoms with E-state index in [1.807, 2.05) is 4.90 Å². The maximum absolute atomic E-state index is 12.6. The average Bonchev–Trinajstić information content (AvgIpc) is 2.35. The number of anilines is 1. The minimum absolute atomic E-state index is 0.0294. The van der Waals surface area contributed by atoms with Gasteiger partial charge in [-0.2, -0.15) is 0 Å². The zero-order valence-electron chi connectivity index (χ0n) is 13.1. The standard InChI is InChI=1S/C16H26N2O2/c1-11(2)9-18(10-12(3)4)16(19)13-6-7-15(20-5)14(17)8-13/h6-8,11-12H,9-10,17H2,1-5H3. The first-order valence-electron chi connectivity index (χ1n) is 7.08. The summed E-state index contributed by atoms with van der Waals surface area (Å²) in [7, 11) is 1.57. The quantitative estimate of drug-likeness (QED) is 0.814. The maximum Gasteiger partial charge on any atom is 0.253 e. The first-order valence-corrected chi connectivity index (χ1v) is 7.08. The molecule has 1 rings (SSSR count). The van der Waals surface area contributed by atoms with Gasteiger partial charge in [0.05, 0.1) is 12.8 Å². The number of nitrogens with two attached hydrogens (primary N) is 1. The zero-order chi connectivity index (χ0) is 15.3. The van der Waals surface area contributed by atoms with Gasteiger partial charge in [0.1, 0.15) is 5.75 Å². The highest BCUT2D eigenvalue weighted by molar-refractivity contribution is 5.95. The molecular formula is C16H26N2O2. The maximum atomic E-state index is 12.6. The van der Waals surface area contributed by atoms with Crippen LogP contribution < -0.4 is 10.5 Å². The van der Waals surface area contributed by atoms with Crippen molar-refractivity contribution in [1.29, 1.82) is 0 Å². The number of amides is 1. The zero-order valence-corrected chi connectivity index (χ0v) is 13.1. The van der Waals surface area contributed by atoms with Crippen molar-refractivity contribution in [1.82, 2.24) is 4.90 Å². The van der Waals surface area contributed by atoms with Gasteiger partial charge in [0.25, 0.3) is 5.91 Å². The largest absolute Gasteiger partial charge is 0.495 e. The lowest BCUT2D eigenvalue weighted by molar-refractivity contribution is 0.0715. The first-order chi connectivity index (χ1) is 9.35. The number of hydrogen-bond acceptors (Lipinski definition) is 3. The molecule has 0 atom stereocenters. The van der Waals surface area contributed by atoms with Gasteiger partial charge in [-0.3, -0.25) is 4.79 Å². The summed E-state index contributed by atoms with van der Waals surface area (Å²) in [5.41, 5.74) is 6.98. The van der Waals surface area contributed by atoms with Crippen molar-refractivity contribution in [2.75, 3.05) is 25.9 Å². The van der Waals surface area contributed by atoms with E-state index in [2.05, 4.69) is 27.7 Å². The van der Waals surface area contributed by atoms with E-state index < -0.39 is 0 Å². The Hall–Kier alpha value is -1.71. The summed E-state index contributed by atoms with van der Waals surface area (Å²) in [6.07, 6.45) is 0. The van der Waals surface area contributed by atoms with Gasteiger partial charge in [0.2, 0.25) is 0 Å². The first kappa shape index (κ1) is 16.3. The smallest absolute Gasteiger partial charge is 0.253 e. The molecule has 0 fully saturated rings. The third-order valence-electron chi connectivity index (χ3n) is 2.93. The molecule has 0 aliphatic rings. The highest BCUT2D eigenvalue weighted by atomic mass is 16.5. The van der Waals surface area contributed by atoms with E-state index in [1.165, 1.54) is 0 Å². The molecule has 0 saturated heterocycles. The number of methoxy groups -OCH3 is 1. The molecule has 1 aromatic carbocycles. The predicted octanol–water partition coefficient (Wildman–Crippen LogP) is 3.03. The Morgan fingerprint density at radius 1 is 1.20 bits per heavy atom. The fraction of sp³-hybridized carbons (Fsp3) is 0.562. The van der Waals surface area contributed by atoms with E-state index in [4.69, 9.17) is 10.5 Å². The van der Waals surface area contributed by atoms with E-state index in [0.29, 0.717) is 28.8 Å². The van der Waals surface area contributed by atoms with Gasteiger partial charge < -0.3 is 15.4 Å². The molecule has 0 spiro atoms. The monoisotopic (exact) mass is 278 g/mol. The topological polar surface area (TPSA) is 55.6 Å². The molecule has 0 heterocycles. The van der Waals surface area contributed by atoms with Crippen molar-refractivity contribution < 1.29 is 9.53 Å². The number of rotatable bonds is 6. The van der Waals surface area contributed by atoms with Crippen molar-refractivity contribution in [3.63, 3.8) is 0 Å². The van der Waals surface area contributed by atoms with Crippen molar-refractivity contribution in [2.45, 2.75) is 27.7 Å². The number of benzene rings is 1. The molecule has 4 nitrogen and oxygen atoms in total. The highest BCUT2D eigenvalue weighted by Crippen LogP contribution is 2.23. The van der Waals surface area contributed by atoms with Gasteiger partial charge in [0, 0.05) is 18.7 Å². The Balaban J connectivity index is 2.96. The second-order valence-electron chi connectivity index (χ2n) is 5.95. The number of carbonyl (C=O) groups excluding carboxylic acids is 1. The summed E-state index contributed by atoms with van der Waals surface area (Å²) in [5, 5.41) is 0. The second kappa shape index (κ2) is 7.17. The molecule has 0 aromatic heterocycles. The molecule has 1 amide bonds. The van der Waals surface area contributed by atoms with Crippen LogP contribution in [0.5, 0.6) is 5.75 Å². The van der Waals surface area contributed by atoms with Crippen LogP contribution in [0, 0.1) is 11.8 Å². The van der Waals surface area contributed by atoms with Crippen LogP contribution in [-0.4, -0.2) is 31.0 Å². The normalized spacial score (nSPS) is 10.9. The Bertz CT molecular complexity index is 446. The van der Waals surface area contributed by atoms with E-state index in [9.17, 15) is 4.79 Å². The Labute approximate surface area is 121 Å². The lowest BCUT2D eigenvalue weighted by Crippen LogP contribution is -2.37. The van der Waals surface area contributed by atoms with Crippen molar-refractivity contribution in [3.8, 4) is 5.75 Å².